The Bertz CT molecular complexity index is 228. The molecule has 0 spiro atoms. The summed E-state index contributed by atoms with van der Waals surface area (Å²) in [5.74, 6) is 0.478. The van der Waals surface area contributed by atoms with E-state index < -0.39 is 6.10 Å². The van der Waals surface area contributed by atoms with Crippen LogP contribution in [0.2, 0.25) is 0 Å². The third kappa shape index (κ3) is 3.48. The van der Waals surface area contributed by atoms with Gasteiger partial charge in [0.05, 0.1) is 0 Å². The Hall–Kier alpha value is -1.00. The molecule has 4 heteroatoms. The van der Waals surface area contributed by atoms with Crippen molar-refractivity contribution >= 4 is 0 Å². The molecule has 0 bridgehead atoms. The fraction of sp³-hybridized carbons (Fsp3) is 0.556. The first kappa shape index (κ1) is 10.1. The highest BCUT2D eigenvalue weighted by Gasteiger charge is 2.07. The van der Waals surface area contributed by atoms with Gasteiger partial charge in [-0.3, -0.25) is 0 Å². The molecule has 1 aromatic heterocycles. The van der Waals surface area contributed by atoms with Gasteiger partial charge in [-0.1, -0.05) is 6.92 Å². The van der Waals surface area contributed by atoms with Crippen molar-refractivity contribution in [3.63, 3.8) is 0 Å². The Morgan fingerprint density at radius 1 is 1.46 bits per heavy atom. The summed E-state index contributed by atoms with van der Waals surface area (Å²) in [5.41, 5.74) is 0. The summed E-state index contributed by atoms with van der Waals surface area (Å²) < 4.78 is 0. The van der Waals surface area contributed by atoms with Crippen molar-refractivity contribution in [1.82, 2.24) is 15.3 Å². The Morgan fingerprint density at radius 2 is 2.15 bits per heavy atom. The van der Waals surface area contributed by atoms with Crippen molar-refractivity contribution in [2.45, 2.75) is 19.4 Å². The fourth-order valence-corrected chi connectivity index (χ4v) is 0.990. The highest BCUT2D eigenvalue weighted by Crippen LogP contribution is 2.02. The second-order valence-electron chi connectivity index (χ2n) is 2.83. The van der Waals surface area contributed by atoms with Gasteiger partial charge in [0, 0.05) is 18.9 Å². The predicted octanol–water partition coefficient (Wildman–Crippen LogP) is 0.510. The van der Waals surface area contributed by atoms with Gasteiger partial charge in [0.25, 0.3) is 0 Å². The van der Waals surface area contributed by atoms with Crippen LogP contribution in [0.5, 0.6) is 0 Å². The van der Waals surface area contributed by atoms with Gasteiger partial charge in [0.15, 0.2) is 5.82 Å². The molecule has 0 saturated carbocycles. The minimum absolute atomic E-state index is 0.478. The Morgan fingerprint density at radius 3 is 2.77 bits per heavy atom. The molecule has 0 aliphatic heterocycles. The largest absolute Gasteiger partial charge is 0.384 e. The minimum atomic E-state index is -0.604. The van der Waals surface area contributed by atoms with Crippen molar-refractivity contribution in [3.05, 3.63) is 24.3 Å². The van der Waals surface area contributed by atoms with Gasteiger partial charge in [-0.15, -0.1) is 0 Å². The van der Waals surface area contributed by atoms with Crippen LogP contribution in [-0.2, 0) is 0 Å². The molecule has 1 rings (SSSR count). The number of aliphatic hydroxyl groups excluding tert-OH is 1. The average Bonchev–Trinajstić information content (AvgIpc) is 2.19. The summed E-state index contributed by atoms with van der Waals surface area (Å²) in [5, 5.41) is 12.7. The first-order valence-corrected chi connectivity index (χ1v) is 4.50. The molecule has 0 aliphatic rings. The molecule has 1 unspecified atom stereocenters. The summed E-state index contributed by atoms with van der Waals surface area (Å²) in [7, 11) is 0. The first-order chi connectivity index (χ1) is 6.34. The van der Waals surface area contributed by atoms with Gasteiger partial charge < -0.3 is 10.4 Å². The maximum absolute atomic E-state index is 9.56. The van der Waals surface area contributed by atoms with E-state index in [1.165, 1.54) is 0 Å². The molecule has 72 valence electrons. The number of hydrogen-bond donors (Lipinski definition) is 2. The third-order valence-electron chi connectivity index (χ3n) is 1.65. The highest BCUT2D eigenvalue weighted by molar-refractivity contribution is 4.92. The molecule has 1 heterocycles. The number of rotatable bonds is 5. The third-order valence-corrected chi connectivity index (χ3v) is 1.65. The molecule has 0 aromatic carbocycles. The van der Waals surface area contributed by atoms with E-state index in [4.69, 9.17) is 0 Å². The summed E-state index contributed by atoms with van der Waals surface area (Å²) >= 11 is 0. The van der Waals surface area contributed by atoms with Gasteiger partial charge >= 0.3 is 0 Å². The molecule has 13 heavy (non-hydrogen) atoms. The van der Waals surface area contributed by atoms with Crippen molar-refractivity contribution < 1.29 is 5.11 Å². The second-order valence-corrected chi connectivity index (χ2v) is 2.83. The first-order valence-electron chi connectivity index (χ1n) is 4.50. The van der Waals surface area contributed by atoms with Gasteiger partial charge in [0.2, 0.25) is 0 Å². The van der Waals surface area contributed by atoms with Crippen LogP contribution in [0.3, 0.4) is 0 Å². The van der Waals surface area contributed by atoms with E-state index in [2.05, 4.69) is 22.2 Å². The summed E-state index contributed by atoms with van der Waals surface area (Å²) in [6, 6.07) is 1.73. The Balaban J connectivity index is 2.35. The molecular formula is C9H15N3O. The van der Waals surface area contributed by atoms with Crippen LogP contribution in [0.15, 0.2) is 18.5 Å². The van der Waals surface area contributed by atoms with Crippen LogP contribution >= 0.6 is 0 Å². The highest BCUT2D eigenvalue weighted by atomic mass is 16.3. The maximum atomic E-state index is 9.56. The predicted molar refractivity (Wildman–Crippen MR) is 50.2 cm³/mol. The summed E-state index contributed by atoms with van der Waals surface area (Å²) in [4.78, 5) is 7.91. The lowest BCUT2D eigenvalue weighted by Gasteiger charge is -2.08. The van der Waals surface area contributed by atoms with Crippen molar-refractivity contribution in [1.29, 1.82) is 0 Å². The molecule has 0 saturated heterocycles. The minimum Gasteiger partial charge on any atom is -0.384 e. The molecule has 0 aliphatic carbocycles. The lowest BCUT2D eigenvalue weighted by molar-refractivity contribution is 0.165. The zero-order valence-electron chi connectivity index (χ0n) is 7.77. The van der Waals surface area contributed by atoms with Gasteiger partial charge in [-0.25, -0.2) is 9.97 Å². The van der Waals surface area contributed by atoms with E-state index in [0.29, 0.717) is 12.4 Å². The van der Waals surface area contributed by atoms with Gasteiger partial charge in [0.1, 0.15) is 6.10 Å². The Kier molecular flexibility index (Phi) is 4.35. The van der Waals surface area contributed by atoms with E-state index >= 15 is 0 Å². The van der Waals surface area contributed by atoms with Crippen molar-refractivity contribution in [2.24, 2.45) is 0 Å². The molecule has 4 nitrogen and oxygen atoms in total. The number of hydrogen-bond acceptors (Lipinski definition) is 4. The SMILES string of the molecule is CCCNCC(O)c1ncccn1. The van der Waals surface area contributed by atoms with Gasteiger partial charge in [-0.2, -0.15) is 0 Å². The number of aromatic nitrogens is 2. The van der Waals surface area contributed by atoms with Gasteiger partial charge in [-0.05, 0) is 19.0 Å². The second kappa shape index (κ2) is 5.61. The maximum Gasteiger partial charge on any atom is 0.158 e. The lowest BCUT2D eigenvalue weighted by atomic mass is 10.3. The van der Waals surface area contributed by atoms with Crippen LogP contribution in [0.25, 0.3) is 0 Å². The summed E-state index contributed by atoms with van der Waals surface area (Å²) in [6.07, 6.45) is 3.71. The molecule has 0 fully saturated rings. The van der Waals surface area contributed by atoms with E-state index in [1.807, 2.05) is 0 Å². The van der Waals surface area contributed by atoms with E-state index in [0.717, 1.165) is 13.0 Å². The molecular weight excluding hydrogens is 166 g/mol. The van der Waals surface area contributed by atoms with E-state index in [1.54, 1.807) is 18.5 Å². The van der Waals surface area contributed by atoms with Crippen molar-refractivity contribution in [2.75, 3.05) is 13.1 Å². The smallest absolute Gasteiger partial charge is 0.158 e. The number of aliphatic hydroxyl groups is 1. The number of nitrogens with one attached hydrogen (secondary N) is 1. The van der Waals surface area contributed by atoms with Crippen LogP contribution < -0.4 is 5.32 Å². The molecule has 0 amide bonds. The fourth-order valence-electron chi connectivity index (χ4n) is 0.990. The van der Waals surface area contributed by atoms with E-state index in [9.17, 15) is 5.11 Å². The topological polar surface area (TPSA) is 58.0 Å². The van der Waals surface area contributed by atoms with Crippen LogP contribution in [0, 0.1) is 0 Å². The zero-order valence-corrected chi connectivity index (χ0v) is 7.77. The zero-order chi connectivity index (χ0) is 9.52. The number of nitrogens with zero attached hydrogens (tertiary/aromatic N) is 2. The van der Waals surface area contributed by atoms with Crippen molar-refractivity contribution in [3.8, 4) is 0 Å². The Labute approximate surface area is 78.0 Å². The normalized spacial score (nSPS) is 12.8. The molecule has 0 radical (unpaired) electrons. The quantitative estimate of drug-likeness (QED) is 0.650. The molecule has 2 N–H and O–H groups in total. The standard InChI is InChI=1S/C9H15N3O/c1-2-4-10-7-8(13)9-11-5-3-6-12-9/h3,5-6,8,10,13H,2,4,7H2,1H3. The molecule has 1 atom stereocenters. The average molecular weight is 181 g/mol. The monoisotopic (exact) mass is 181 g/mol. The van der Waals surface area contributed by atoms with Crippen LogP contribution in [0.1, 0.15) is 25.3 Å². The van der Waals surface area contributed by atoms with E-state index in [-0.39, 0.29) is 0 Å². The van der Waals surface area contributed by atoms with Crippen LogP contribution in [0.4, 0.5) is 0 Å². The summed E-state index contributed by atoms with van der Waals surface area (Å²) in [6.45, 7) is 3.50. The lowest BCUT2D eigenvalue weighted by Crippen LogP contribution is -2.23. The van der Waals surface area contributed by atoms with Crippen LogP contribution in [-0.4, -0.2) is 28.2 Å². The molecule has 1 aromatic rings.